The van der Waals surface area contributed by atoms with Gasteiger partial charge in [0.25, 0.3) is 5.24 Å². The monoisotopic (exact) mass is 861 g/mol. The van der Waals surface area contributed by atoms with Gasteiger partial charge in [0.1, 0.15) is 0 Å². The van der Waals surface area contributed by atoms with Crippen molar-refractivity contribution in [2.24, 2.45) is 5.92 Å². The molecule has 0 amide bonds. The standard InChI is InChI=1S/C16H20O3.C10H11ClO.C6H10O2.I2.V/c1-9(2)15(13(6)17)19-16(18)14-8-11(4)10(3)7-12(14)5;1-6-4-8(3)9(10(11)12)5-7(6)2;1-4(2)6(8)5(3)7;1-2;/h7-8H,1-6H3;4-5H,1-3H3;4H,1-3H3;;. The van der Waals surface area contributed by atoms with Crippen molar-refractivity contribution in [3.63, 3.8) is 0 Å². The number of aryl methyl sites for hydroxylation is 6. The van der Waals surface area contributed by atoms with Crippen molar-refractivity contribution >= 4 is 77.4 Å². The van der Waals surface area contributed by atoms with Crippen LogP contribution in [-0.2, 0) is 37.7 Å². The molecular weight excluding hydrogens is 821 g/mol. The van der Waals surface area contributed by atoms with Gasteiger partial charge < -0.3 is 4.74 Å². The van der Waals surface area contributed by atoms with E-state index in [-0.39, 0.29) is 52.8 Å². The molecule has 0 fully saturated rings. The van der Waals surface area contributed by atoms with Gasteiger partial charge in [-0.3, -0.25) is 19.2 Å². The molecule has 42 heavy (non-hydrogen) atoms. The summed E-state index contributed by atoms with van der Waals surface area (Å²) in [6, 6.07) is 7.56. The molecule has 2 rings (SSSR count). The minimum absolute atomic E-state index is 0. The second-order valence-electron chi connectivity index (χ2n) is 10.1. The van der Waals surface area contributed by atoms with Crippen LogP contribution in [0.5, 0.6) is 0 Å². The first-order valence-electron chi connectivity index (χ1n) is 12.8. The van der Waals surface area contributed by atoms with E-state index in [0.29, 0.717) is 16.7 Å². The molecule has 0 aromatic heterocycles. The SMILES string of the molecule is CC(=O)C(=O)C(C)C.CC(=O)C(OC(=O)c1cc(C)c(C)cc1C)=C(C)C.Cc1cc(C)c(C(=O)Cl)cc1C.II.[V]. The van der Waals surface area contributed by atoms with Crippen molar-refractivity contribution in [2.75, 3.05) is 0 Å². The first kappa shape index (κ1) is 45.1. The third kappa shape index (κ3) is 15.9. The van der Waals surface area contributed by atoms with Gasteiger partial charge in [-0.25, -0.2) is 4.79 Å². The Kier molecular flexibility index (Phi) is 23.9. The van der Waals surface area contributed by atoms with Crippen molar-refractivity contribution < 1.29 is 47.3 Å². The van der Waals surface area contributed by atoms with E-state index < -0.39 is 5.97 Å². The van der Waals surface area contributed by atoms with E-state index >= 15 is 0 Å². The number of ether oxygens (including phenoxy) is 1. The number of carbonyl (C=O) groups is 5. The topological polar surface area (TPSA) is 94.6 Å². The second-order valence-corrected chi connectivity index (χ2v) is 10.5. The number of carbonyl (C=O) groups excluding carboxylic acids is 5. The fourth-order valence-corrected chi connectivity index (χ4v) is 3.64. The smallest absolute Gasteiger partial charge is 0.343 e. The van der Waals surface area contributed by atoms with Crippen LogP contribution in [0.2, 0.25) is 0 Å². The summed E-state index contributed by atoms with van der Waals surface area (Å²) in [6.07, 6.45) is 0. The fraction of sp³-hybridized carbons (Fsp3) is 0.406. The molecule has 0 aliphatic carbocycles. The van der Waals surface area contributed by atoms with E-state index in [1.807, 2.05) is 59.7 Å². The Bertz CT molecular complexity index is 1310. The zero-order valence-corrected chi connectivity index (χ0v) is 32.9. The van der Waals surface area contributed by atoms with Gasteiger partial charge in [-0.15, -0.1) is 0 Å². The van der Waals surface area contributed by atoms with E-state index in [9.17, 15) is 24.0 Å². The zero-order valence-electron chi connectivity index (χ0n) is 26.4. The van der Waals surface area contributed by atoms with Crippen molar-refractivity contribution in [1.29, 1.82) is 0 Å². The van der Waals surface area contributed by atoms with Crippen LogP contribution in [0.1, 0.15) is 95.6 Å². The molecule has 1 radical (unpaired) electrons. The largest absolute Gasteiger partial charge is 0.419 e. The third-order valence-corrected chi connectivity index (χ3v) is 6.16. The Morgan fingerprint density at radius 2 is 1.00 bits per heavy atom. The number of Topliss-reactive ketones (excluding diaryl/α,β-unsaturated/α-hetero) is 3. The van der Waals surface area contributed by atoms with Gasteiger partial charge in [0.2, 0.25) is 5.78 Å². The van der Waals surface area contributed by atoms with E-state index in [4.69, 9.17) is 16.3 Å². The quantitative estimate of drug-likeness (QED) is 0.0719. The normalized spacial score (nSPS) is 9.33. The summed E-state index contributed by atoms with van der Waals surface area (Å²) in [6.45, 7) is 21.3. The first-order valence-corrected chi connectivity index (χ1v) is 19.4. The van der Waals surface area contributed by atoms with Crippen LogP contribution >= 0.6 is 48.8 Å². The van der Waals surface area contributed by atoms with Crippen molar-refractivity contribution in [2.45, 2.75) is 83.1 Å². The van der Waals surface area contributed by atoms with Crippen LogP contribution in [0, 0.1) is 47.5 Å². The summed E-state index contributed by atoms with van der Waals surface area (Å²) in [7, 11) is 0. The summed E-state index contributed by atoms with van der Waals surface area (Å²) in [4.78, 5) is 55.2. The number of allylic oxidation sites excluding steroid dienone is 2. The van der Waals surface area contributed by atoms with Gasteiger partial charge in [-0.1, -0.05) is 26.0 Å². The summed E-state index contributed by atoms with van der Waals surface area (Å²) in [5.74, 6) is -1.37. The number of rotatable bonds is 6. The Labute approximate surface area is 291 Å². The predicted octanol–water partition coefficient (Wildman–Crippen LogP) is 9.21. The van der Waals surface area contributed by atoms with Gasteiger partial charge in [-0.05, 0) is 118 Å². The summed E-state index contributed by atoms with van der Waals surface area (Å²) in [5, 5.41) is -0.379. The molecule has 2 aromatic carbocycles. The second kappa shape index (κ2) is 22.2. The Morgan fingerprint density at radius 1 is 0.643 bits per heavy atom. The maximum atomic E-state index is 12.1. The Hall–Kier alpha value is -1.34. The molecule has 0 saturated carbocycles. The van der Waals surface area contributed by atoms with Crippen molar-refractivity contribution in [3.05, 3.63) is 80.1 Å². The molecule has 0 heterocycles. The minimum Gasteiger partial charge on any atom is -0.419 e. The molecular formula is C32H41ClI2O6V. The summed E-state index contributed by atoms with van der Waals surface area (Å²) in [5.41, 5.74) is 8.05. The van der Waals surface area contributed by atoms with Crippen molar-refractivity contribution in [1.82, 2.24) is 0 Å². The number of ketones is 3. The molecule has 0 atom stereocenters. The molecule has 0 aliphatic rings. The number of esters is 1. The van der Waals surface area contributed by atoms with Gasteiger partial charge in [0.05, 0.1) is 5.56 Å². The molecule has 0 saturated heterocycles. The fourth-order valence-electron chi connectivity index (χ4n) is 3.43. The van der Waals surface area contributed by atoms with E-state index in [1.165, 1.54) is 19.4 Å². The molecule has 0 aliphatic heterocycles. The van der Waals surface area contributed by atoms with Gasteiger partial charge in [0, 0.05) is 81.1 Å². The minimum atomic E-state index is -0.480. The van der Waals surface area contributed by atoms with Crippen LogP contribution in [0.3, 0.4) is 0 Å². The van der Waals surface area contributed by atoms with Gasteiger partial charge in [-0.2, -0.15) is 0 Å². The Morgan fingerprint density at radius 3 is 1.29 bits per heavy atom. The molecule has 231 valence electrons. The van der Waals surface area contributed by atoms with Gasteiger partial charge in [0.15, 0.2) is 17.3 Å². The molecule has 6 nitrogen and oxygen atoms in total. The summed E-state index contributed by atoms with van der Waals surface area (Å²) >= 11 is 9.63. The predicted molar refractivity (Wildman–Crippen MR) is 185 cm³/mol. The molecule has 0 N–H and O–H groups in total. The zero-order chi connectivity index (χ0) is 32.8. The first-order chi connectivity index (χ1) is 18.8. The maximum Gasteiger partial charge on any atom is 0.343 e. The van der Waals surface area contributed by atoms with Crippen LogP contribution in [0.25, 0.3) is 0 Å². The van der Waals surface area contributed by atoms with Crippen LogP contribution in [0.15, 0.2) is 35.6 Å². The number of hydrogen-bond donors (Lipinski definition) is 0. The average Bonchev–Trinajstić information content (AvgIpc) is 2.87. The average molecular weight is 862 g/mol. The van der Waals surface area contributed by atoms with Crippen LogP contribution in [0.4, 0.5) is 0 Å². The van der Waals surface area contributed by atoms with E-state index in [2.05, 4.69) is 37.2 Å². The molecule has 0 bridgehead atoms. The number of benzene rings is 2. The van der Waals surface area contributed by atoms with E-state index in [1.54, 1.807) is 33.8 Å². The van der Waals surface area contributed by atoms with E-state index in [0.717, 1.165) is 27.8 Å². The van der Waals surface area contributed by atoms with Crippen molar-refractivity contribution in [3.8, 4) is 0 Å². The van der Waals surface area contributed by atoms with Gasteiger partial charge >= 0.3 is 5.97 Å². The summed E-state index contributed by atoms with van der Waals surface area (Å²) < 4.78 is 5.23. The third-order valence-electron chi connectivity index (χ3n) is 5.95. The molecule has 0 unspecified atom stereocenters. The Balaban J connectivity index is -0.000000568. The van der Waals surface area contributed by atoms with Crippen LogP contribution in [-0.4, -0.2) is 28.6 Å². The number of hydrogen-bond acceptors (Lipinski definition) is 6. The molecule has 10 heteroatoms. The van der Waals surface area contributed by atoms with Crippen LogP contribution < -0.4 is 0 Å². The molecule has 2 aromatic rings. The maximum absolute atomic E-state index is 12.1. The number of halogens is 3. The molecule has 0 spiro atoms.